The van der Waals surface area contributed by atoms with Crippen LogP contribution in [0.15, 0.2) is 0 Å². The van der Waals surface area contributed by atoms with Gasteiger partial charge in [-0.25, -0.2) is 0 Å². The van der Waals surface area contributed by atoms with Crippen molar-refractivity contribution in [3.05, 3.63) is 6.92 Å². The predicted octanol–water partition coefficient (Wildman–Crippen LogP) is 3.38. The van der Waals surface area contributed by atoms with Gasteiger partial charge in [0, 0.05) is 0 Å². The highest BCUT2D eigenvalue weighted by atomic mass is 14.2. The molecule has 0 aliphatic heterocycles. The lowest BCUT2D eigenvalue weighted by Gasteiger charge is -2.26. The summed E-state index contributed by atoms with van der Waals surface area (Å²) in [5, 5.41) is 0. The Hall–Kier alpha value is 0. The summed E-state index contributed by atoms with van der Waals surface area (Å²) in [6.07, 6.45) is 0. The fraction of sp³-hybridized carbons (Fsp3) is 0.900. The summed E-state index contributed by atoms with van der Waals surface area (Å²) in [5.74, 6) is 2.92. The lowest BCUT2D eigenvalue weighted by atomic mass is 9.80. The maximum atomic E-state index is 4.04. The second kappa shape index (κ2) is 4.00. The molecule has 0 aromatic carbocycles. The minimum atomic E-state index is 0.581. The minimum absolute atomic E-state index is 0.581. The highest BCUT2D eigenvalue weighted by Gasteiger charge is 2.17. The Morgan fingerprint density at radius 3 is 1.30 bits per heavy atom. The fourth-order valence-corrected chi connectivity index (χ4v) is 1.13. The van der Waals surface area contributed by atoms with Gasteiger partial charge in [-0.3, -0.25) is 0 Å². The molecule has 0 heteroatoms. The lowest BCUT2D eigenvalue weighted by Crippen LogP contribution is -2.18. The van der Waals surface area contributed by atoms with E-state index in [-0.39, 0.29) is 0 Å². The molecule has 0 N–H and O–H groups in total. The van der Waals surface area contributed by atoms with Crippen molar-refractivity contribution in [3.8, 4) is 0 Å². The van der Waals surface area contributed by atoms with Crippen LogP contribution in [-0.2, 0) is 0 Å². The smallest absolute Gasteiger partial charge is 0.0389 e. The zero-order valence-corrected chi connectivity index (χ0v) is 8.02. The van der Waals surface area contributed by atoms with Gasteiger partial charge in [-0.15, -0.1) is 0 Å². The normalized spacial score (nSPS) is 18.0. The van der Waals surface area contributed by atoms with Crippen LogP contribution in [-0.4, -0.2) is 0 Å². The maximum Gasteiger partial charge on any atom is -0.0389 e. The highest BCUT2D eigenvalue weighted by molar-refractivity contribution is 4.71. The first kappa shape index (κ1) is 10.0. The Bertz CT molecular complexity index is 70.0. The Balaban J connectivity index is 3.81. The van der Waals surface area contributed by atoms with Gasteiger partial charge >= 0.3 is 0 Å². The van der Waals surface area contributed by atoms with Crippen molar-refractivity contribution in [3.63, 3.8) is 0 Å². The quantitative estimate of drug-likeness (QED) is 0.565. The second-order valence-corrected chi connectivity index (χ2v) is 3.94. The molecule has 61 valence electrons. The molecule has 0 fully saturated rings. The average molecular weight is 141 g/mol. The topological polar surface area (TPSA) is 0 Å². The highest BCUT2D eigenvalue weighted by Crippen LogP contribution is 2.25. The molecule has 10 heavy (non-hydrogen) atoms. The lowest BCUT2D eigenvalue weighted by molar-refractivity contribution is 0.250. The molecule has 0 spiro atoms. The van der Waals surface area contributed by atoms with Crippen molar-refractivity contribution < 1.29 is 0 Å². The molecular formula is C10H21. The summed E-state index contributed by atoms with van der Waals surface area (Å²) in [6.45, 7) is 15.4. The van der Waals surface area contributed by atoms with Gasteiger partial charge in [0.1, 0.15) is 0 Å². The van der Waals surface area contributed by atoms with Gasteiger partial charge in [-0.2, -0.15) is 0 Å². The molecule has 0 rings (SSSR count). The third kappa shape index (κ3) is 2.72. The Morgan fingerprint density at radius 1 is 0.800 bits per heavy atom. The van der Waals surface area contributed by atoms with Crippen molar-refractivity contribution in [2.45, 2.75) is 34.6 Å². The summed E-state index contributed by atoms with van der Waals surface area (Å²) in [5.41, 5.74) is 0. The molecule has 0 heterocycles. The van der Waals surface area contributed by atoms with Crippen LogP contribution in [0, 0.1) is 30.6 Å². The number of hydrogen-bond acceptors (Lipinski definition) is 0. The first-order chi connectivity index (χ1) is 4.46. The largest absolute Gasteiger partial charge is 0.0625 e. The molecule has 0 aromatic rings. The summed E-state index contributed by atoms with van der Waals surface area (Å²) in [6, 6.07) is 0. The van der Waals surface area contributed by atoms with Crippen LogP contribution in [0.4, 0.5) is 0 Å². The monoisotopic (exact) mass is 141 g/mol. The molecule has 0 saturated heterocycles. The van der Waals surface area contributed by atoms with Crippen molar-refractivity contribution in [1.82, 2.24) is 0 Å². The summed E-state index contributed by atoms with van der Waals surface area (Å²) in [7, 11) is 0. The Morgan fingerprint density at radius 2 is 1.20 bits per heavy atom. The van der Waals surface area contributed by atoms with E-state index in [1.165, 1.54) is 0 Å². The minimum Gasteiger partial charge on any atom is -0.0625 e. The maximum absolute atomic E-state index is 4.04. The molecule has 0 bridgehead atoms. The third-order valence-electron chi connectivity index (χ3n) is 2.78. The van der Waals surface area contributed by atoms with Crippen molar-refractivity contribution in [2.24, 2.45) is 23.7 Å². The van der Waals surface area contributed by atoms with E-state index in [9.17, 15) is 0 Å². The molecule has 0 aliphatic rings. The van der Waals surface area contributed by atoms with Gasteiger partial charge in [0.05, 0.1) is 0 Å². The SMILES string of the molecule is [CH2]C(C)C(C)C(C)C(C)C. The Labute approximate surface area is 66.0 Å². The second-order valence-electron chi connectivity index (χ2n) is 3.94. The zero-order chi connectivity index (χ0) is 8.31. The summed E-state index contributed by atoms with van der Waals surface area (Å²) < 4.78 is 0. The molecule has 3 unspecified atom stereocenters. The van der Waals surface area contributed by atoms with Crippen LogP contribution in [0.1, 0.15) is 34.6 Å². The van der Waals surface area contributed by atoms with Crippen LogP contribution in [0.2, 0.25) is 0 Å². The van der Waals surface area contributed by atoms with E-state index in [4.69, 9.17) is 0 Å². The first-order valence-electron chi connectivity index (χ1n) is 4.29. The van der Waals surface area contributed by atoms with E-state index in [1.54, 1.807) is 0 Å². The molecule has 3 atom stereocenters. The van der Waals surface area contributed by atoms with E-state index >= 15 is 0 Å². The van der Waals surface area contributed by atoms with Gasteiger partial charge in [-0.1, -0.05) is 41.5 Å². The van der Waals surface area contributed by atoms with Gasteiger partial charge in [0.2, 0.25) is 0 Å². The van der Waals surface area contributed by atoms with E-state index < -0.39 is 0 Å². The van der Waals surface area contributed by atoms with Gasteiger partial charge in [0.15, 0.2) is 0 Å². The van der Waals surface area contributed by atoms with E-state index in [1.807, 2.05) is 0 Å². The molecule has 0 amide bonds. The predicted molar refractivity (Wildman–Crippen MR) is 47.7 cm³/mol. The standard InChI is InChI=1S/C10H21/c1-7(2)9(5)10(6)8(3)4/h7-10H,1H2,2-6H3. The molecule has 0 aromatic heterocycles. The number of rotatable bonds is 3. The van der Waals surface area contributed by atoms with Gasteiger partial charge in [0.25, 0.3) is 0 Å². The zero-order valence-electron chi connectivity index (χ0n) is 8.02. The van der Waals surface area contributed by atoms with E-state index in [0.29, 0.717) is 5.92 Å². The fourth-order valence-electron chi connectivity index (χ4n) is 1.13. The van der Waals surface area contributed by atoms with Crippen LogP contribution in [0.25, 0.3) is 0 Å². The van der Waals surface area contributed by atoms with Crippen molar-refractivity contribution in [2.75, 3.05) is 0 Å². The Kier molecular flexibility index (Phi) is 4.00. The van der Waals surface area contributed by atoms with E-state index in [0.717, 1.165) is 17.8 Å². The van der Waals surface area contributed by atoms with Crippen molar-refractivity contribution >= 4 is 0 Å². The summed E-state index contributed by atoms with van der Waals surface area (Å²) in [4.78, 5) is 0. The number of hydrogen-bond donors (Lipinski definition) is 0. The van der Waals surface area contributed by atoms with Crippen LogP contribution >= 0.6 is 0 Å². The van der Waals surface area contributed by atoms with Crippen LogP contribution in [0.3, 0.4) is 0 Å². The molecule has 1 radical (unpaired) electrons. The molecular weight excluding hydrogens is 120 g/mol. The first-order valence-corrected chi connectivity index (χ1v) is 4.29. The molecule has 0 aliphatic carbocycles. The van der Waals surface area contributed by atoms with Gasteiger partial charge in [-0.05, 0) is 23.7 Å². The molecule has 0 nitrogen and oxygen atoms in total. The van der Waals surface area contributed by atoms with Crippen molar-refractivity contribution in [1.29, 1.82) is 0 Å². The van der Waals surface area contributed by atoms with Crippen LogP contribution in [0.5, 0.6) is 0 Å². The third-order valence-corrected chi connectivity index (χ3v) is 2.78. The van der Waals surface area contributed by atoms with Crippen LogP contribution < -0.4 is 0 Å². The average Bonchev–Trinajstić information content (AvgIpc) is 1.84. The molecule has 0 saturated carbocycles. The van der Waals surface area contributed by atoms with Gasteiger partial charge < -0.3 is 0 Å². The van der Waals surface area contributed by atoms with E-state index in [2.05, 4.69) is 41.5 Å². The summed E-state index contributed by atoms with van der Waals surface area (Å²) >= 11 is 0.